The van der Waals surface area contributed by atoms with Crippen molar-refractivity contribution in [3.8, 4) is 0 Å². The number of aliphatic hydroxyl groups is 2. The number of allylic oxidation sites excluding steroid dienone is 12. The van der Waals surface area contributed by atoms with Gasteiger partial charge in [-0.05, 0) is 83.5 Å². The number of hydrogen-bond acceptors (Lipinski definition) is 11. The van der Waals surface area contributed by atoms with Crippen LogP contribution in [0.25, 0.3) is 0 Å². The lowest BCUT2D eigenvalue weighted by Crippen LogP contribution is -2.61. The number of ether oxygens (including phenoxy) is 5. The first-order chi connectivity index (χ1) is 34.6. The Morgan fingerprint density at radius 2 is 0.887 bits per heavy atom. The molecule has 0 spiro atoms. The van der Waals surface area contributed by atoms with Crippen molar-refractivity contribution < 1.29 is 58.2 Å². The van der Waals surface area contributed by atoms with Crippen LogP contribution < -0.4 is 0 Å². The predicted molar refractivity (Wildman–Crippen MR) is 285 cm³/mol. The quantitative estimate of drug-likeness (QED) is 0.0228. The molecule has 1 aliphatic rings. The molecule has 0 amide bonds. The second-order valence-electron chi connectivity index (χ2n) is 18.8. The van der Waals surface area contributed by atoms with Crippen LogP contribution in [0.3, 0.4) is 0 Å². The molecule has 0 bridgehead atoms. The molecule has 3 N–H and O–H groups in total. The van der Waals surface area contributed by atoms with Gasteiger partial charge < -0.3 is 39.0 Å². The number of carbonyl (C=O) groups is 4. The third-order valence-corrected chi connectivity index (χ3v) is 12.3. The number of rotatable bonds is 46. The Balaban J connectivity index is 2.74. The van der Waals surface area contributed by atoms with Crippen LogP contribution in [-0.4, -0.2) is 89.2 Å². The van der Waals surface area contributed by atoms with Gasteiger partial charge in [0, 0.05) is 19.3 Å². The molecule has 71 heavy (non-hydrogen) atoms. The predicted octanol–water partition coefficient (Wildman–Crippen LogP) is 13.8. The summed E-state index contributed by atoms with van der Waals surface area (Å²) < 4.78 is 28.3. The molecule has 0 aliphatic carbocycles. The maximum atomic E-state index is 13.1. The number of aliphatic carboxylic acids is 1. The Bertz CT molecular complexity index is 1510. The Labute approximate surface area is 429 Å². The van der Waals surface area contributed by atoms with E-state index >= 15 is 0 Å². The molecule has 1 saturated heterocycles. The molecule has 406 valence electrons. The van der Waals surface area contributed by atoms with Crippen molar-refractivity contribution in [2.45, 2.75) is 263 Å². The van der Waals surface area contributed by atoms with Crippen LogP contribution >= 0.6 is 0 Å². The highest BCUT2D eigenvalue weighted by molar-refractivity contribution is 5.74. The minimum Gasteiger partial charge on any atom is -0.479 e. The number of carboxylic acids is 1. The van der Waals surface area contributed by atoms with E-state index in [0.717, 1.165) is 96.3 Å². The number of unbranched alkanes of at least 4 members (excludes halogenated alkanes) is 20. The molecular weight excluding hydrogens is 901 g/mol. The largest absolute Gasteiger partial charge is 0.479 e. The molecule has 0 aromatic carbocycles. The number of carbonyl (C=O) groups excluding carboxylic acids is 3. The van der Waals surface area contributed by atoms with Gasteiger partial charge in [-0.15, -0.1) is 0 Å². The van der Waals surface area contributed by atoms with Crippen molar-refractivity contribution in [2.75, 3.05) is 13.2 Å². The summed E-state index contributed by atoms with van der Waals surface area (Å²) in [6, 6.07) is 0. The lowest BCUT2D eigenvalue weighted by atomic mass is 9.98. The maximum Gasteiger partial charge on any atom is 0.335 e. The van der Waals surface area contributed by atoms with E-state index in [1.807, 2.05) is 0 Å². The standard InChI is InChI=1S/C59H98O12/c1-4-7-10-13-16-19-22-25-26-29-30-33-36-39-42-45-51(60)67-48-50(69-52(61)46-43-40-37-34-31-27-23-20-17-14-11-8-5-2)49-68-59-57(55(64)54(63)56(71-59)58(65)66)70-53(62)47-44-41-38-35-32-28-24-21-18-15-12-9-6-3/h8-9,11-12,17-18,20-21,27-28,31-32,50,54-57,59,63-64H,4-7,10,13-16,19,22-26,29-30,33-49H2,1-3H3,(H,65,66)/b11-8-,12-9-,20-17-,21-18-,31-27-,32-28-. The van der Waals surface area contributed by atoms with Gasteiger partial charge in [-0.3, -0.25) is 14.4 Å². The van der Waals surface area contributed by atoms with E-state index in [4.69, 9.17) is 23.7 Å². The third kappa shape index (κ3) is 37.6. The maximum absolute atomic E-state index is 13.1. The molecule has 1 fully saturated rings. The Morgan fingerprint density at radius 1 is 0.479 bits per heavy atom. The van der Waals surface area contributed by atoms with Crippen LogP contribution in [0.2, 0.25) is 0 Å². The molecule has 1 heterocycles. The smallest absolute Gasteiger partial charge is 0.335 e. The molecule has 0 saturated carbocycles. The van der Waals surface area contributed by atoms with Crippen LogP contribution in [-0.2, 0) is 42.9 Å². The molecule has 6 atom stereocenters. The number of aliphatic hydroxyl groups excluding tert-OH is 2. The first-order valence-corrected chi connectivity index (χ1v) is 27.9. The van der Waals surface area contributed by atoms with E-state index in [1.54, 1.807) is 0 Å². The summed E-state index contributed by atoms with van der Waals surface area (Å²) in [4.78, 5) is 50.9. The fourth-order valence-corrected chi connectivity index (χ4v) is 8.04. The van der Waals surface area contributed by atoms with Crippen molar-refractivity contribution in [1.82, 2.24) is 0 Å². The van der Waals surface area contributed by atoms with Gasteiger partial charge in [0.05, 0.1) is 6.61 Å². The van der Waals surface area contributed by atoms with Crippen molar-refractivity contribution in [3.05, 3.63) is 72.9 Å². The Hall–Kier alpha value is -3.84. The van der Waals surface area contributed by atoms with E-state index in [0.29, 0.717) is 19.3 Å². The average molecular weight is 999 g/mol. The van der Waals surface area contributed by atoms with E-state index in [9.17, 15) is 34.5 Å². The minimum atomic E-state index is -1.92. The van der Waals surface area contributed by atoms with Crippen LogP contribution in [0.1, 0.15) is 226 Å². The van der Waals surface area contributed by atoms with Gasteiger partial charge in [0.1, 0.15) is 18.8 Å². The Morgan fingerprint density at radius 3 is 1.35 bits per heavy atom. The monoisotopic (exact) mass is 999 g/mol. The lowest BCUT2D eigenvalue weighted by Gasteiger charge is -2.40. The molecule has 12 nitrogen and oxygen atoms in total. The molecule has 0 radical (unpaired) electrons. The number of esters is 3. The molecular formula is C59H98O12. The highest BCUT2D eigenvalue weighted by Crippen LogP contribution is 2.26. The van der Waals surface area contributed by atoms with E-state index in [1.165, 1.54) is 70.6 Å². The van der Waals surface area contributed by atoms with Gasteiger partial charge in [-0.2, -0.15) is 0 Å². The number of carboxylic acid groups (broad SMARTS) is 1. The second kappa shape index (κ2) is 47.2. The van der Waals surface area contributed by atoms with Gasteiger partial charge in [-0.25, -0.2) is 4.79 Å². The van der Waals surface area contributed by atoms with Crippen LogP contribution in [0.5, 0.6) is 0 Å². The first kappa shape index (κ1) is 65.2. The summed E-state index contributed by atoms with van der Waals surface area (Å²) in [5, 5.41) is 31.4. The molecule has 0 aromatic rings. The summed E-state index contributed by atoms with van der Waals surface area (Å²) in [6.07, 6.45) is 46.0. The fraction of sp³-hybridized carbons (Fsp3) is 0.729. The summed E-state index contributed by atoms with van der Waals surface area (Å²) in [5.74, 6) is -3.20. The van der Waals surface area contributed by atoms with Crippen LogP contribution in [0.4, 0.5) is 0 Å². The van der Waals surface area contributed by atoms with Gasteiger partial charge in [0.25, 0.3) is 0 Å². The third-order valence-electron chi connectivity index (χ3n) is 12.3. The number of hydrogen-bond donors (Lipinski definition) is 3. The molecule has 0 aromatic heterocycles. The minimum absolute atomic E-state index is 0.0203. The zero-order valence-electron chi connectivity index (χ0n) is 44.4. The van der Waals surface area contributed by atoms with E-state index in [-0.39, 0.29) is 25.9 Å². The van der Waals surface area contributed by atoms with Gasteiger partial charge in [0.15, 0.2) is 24.6 Å². The summed E-state index contributed by atoms with van der Waals surface area (Å²) in [6.45, 7) is 5.71. The van der Waals surface area contributed by atoms with Crippen LogP contribution in [0, 0.1) is 0 Å². The second-order valence-corrected chi connectivity index (χ2v) is 18.8. The van der Waals surface area contributed by atoms with E-state index < -0.39 is 67.3 Å². The highest BCUT2D eigenvalue weighted by atomic mass is 16.7. The summed E-state index contributed by atoms with van der Waals surface area (Å²) in [5.41, 5.74) is 0. The molecule has 6 unspecified atom stereocenters. The average Bonchev–Trinajstić information content (AvgIpc) is 3.35. The SMILES string of the molecule is CC/C=C\C/C=C\C/C=C\CCCCCC(=O)OC(COC(=O)CCCCCCCCCCCCCCCCC)COC1OC(C(=O)O)C(O)C(O)C1OC(=O)CCCCC/C=C\C/C=C\C/C=C\CC. The molecule has 12 heteroatoms. The zero-order valence-corrected chi connectivity index (χ0v) is 44.4. The van der Waals surface area contributed by atoms with Gasteiger partial charge >= 0.3 is 23.9 Å². The topological polar surface area (TPSA) is 175 Å². The van der Waals surface area contributed by atoms with Crippen molar-refractivity contribution in [2.24, 2.45) is 0 Å². The van der Waals surface area contributed by atoms with E-state index in [2.05, 4.69) is 93.7 Å². The summed E-state index contributed by atoms with van der Waals surface area (Å²) in [7, 11) is 0. The van der Waals surface area contributed by atoms with Crippen LogP contribution in [0.15, 0.2) is 72.9 Å². The van der Waals surface area contributed by atoms with Gasteiger partial charge in [-0.1, -0.05) is 196 Å². The first-order valence-electron chi connectivity index (χ1n) is 27.9. The van der Waals surface area contributed by atoms with Crippen molar-refractivity contribution in [1.29, 1.82) is 0 Å². The lowest BCUT2D eigenvalue weighted by molar-refractivity contribution is -0.301. The molecule has 1 rings (SSSR count). The summed E-state index contributed by atoms with van der Waals surface area (Å²) >= 11 is 0. The highest BCUT2D eigenvalue weighted by Gasteiger charge is 2.50. The van der Waals surface area contributed by atoms with Gasteiger partial charge in [0.2, 0.25) is 0 Å². The normalized spacial score (nSPS) is 19.0. The Kier molecular flexibility index (Phi) is 43.3. The van der Waals surface area contributed by atoms with Crippen molar-refractivity contribution in [3.63, 3.8) is 0 Å². The van der Waals surface area contributed by atoms with Crippen molar-refractivity contribution >= 4 is 23.9 Å². The molecule has 1 aliphatic heterocycles. The zero-order chi connectivity index (χ0) is 51.8. The fourth-order valence-electron chi connectivity index (χ4n) is 8.04.